The van der Waals surface area contributed by atoms with Gasteiger partial charge in [-0.15, -0.1) is 0 Å². The van der Waals surface area contributed by atoms with Crippen molar-refractivity contribution in [3.8, 4) is 5.75 Å². The van der Waals surface area contributed by atoms with Gasteiger partial charge in [-0.2, -0.15) is 0 Å². The fraction of sp³-hybridized carbons (Fsp3) is 0.381. The van der Waals surface area contributed by atoms with Crippen molar-refractivity contribution in [1.29, 1.82) is 0 Å². The summed E-state index contributed by atoms with van der Waals surface area (Å²) in [7, 11) is 0. The summed E-state index contributed by atoms with van der Waals surface area (Å²) in [6, 6.07) is 3.85. The van der Waals surface area contributed by atoms with Gasteiger partial charge in [0, 0.05) is 11.6 Å². The zero-order valence-corrected chi connectivity index (χ0v) is 16.7. The molecule has 1 unspecified atom stereocenters. The summed E-state index contributed by atoms with van der Waals surface area (Å²) in [5.74, 6) is -2.72. The third-order valence-electron chi connectivity index (χ3n) is 5.07. The number of piperidine rings is 1. The molecule has 3 aromatic rings. The number of hydrogen-bond donors (Lipinski definition) is 2. The summed E-state index contributed by atoms with van der Waals surface area (Å²) in [4.78, 5) is 21.2. The van der Waals surface area contributed by atoms with Crippen molar-refractivity contribution in [2.75, 3.05) is 13.1 Å². The van der Waals surface area contributed by atoms with E-state index in [1.807, 2.05) is 6.92 Å². The lowest BCUT2D eigenvalue weighted by atomic mass is 10.0. The first kappa shape index (κ1) is 20.2. The SMILES string of the molecule is Cc1cnc(COc2ccc3oc(C)c(C(=O)NC4CCNCC4(F)F)c3c2)cn1. The van der Waals surface area contributed by atoms with Crippen LogP contribution in [0.4, 0.5) is 8.78 Å². The number of rotatable bonds is 5. The molecule has 2 aromatic heterocycles. The molecule has 0 bridgehead atoms. The fourth-order valence-corrected chi connectivity index (χ4v) is 3.47. The molecule has 1 aliphatic heterocycles. The molecule has 1 atom stereocenters. The van der Waals surface area contributed by atoms with Crippen molar-refractivity contribution in [2.45, 2.75) is 38.8 Å². The molecule has 1 fully saturated rings. The lowest BCUT2D eigenvalue weighted by Gasteiger charge is -2.32. The van der Waals surface area contributed by atoms with Crippen molar-refractivity contribution >= 4 is 16.9 Å². The number of aryl methyl sites for hydroxylation is 2. The normalized spacial score (nSPS) is 18.3. The predicted molar refractivity (Wildman–Crippen MR) is 106 cm³/mol. The molecule has 7 nitrogen and oxygen atoms in total. The number of aromatic nitrogens is 2. The summed E-state index contributed by atoms with van der Waals surface area (Å²) < 4.78 is 39.6. The minimum absolute atomic E-state index is 0.152. The number of furan rings is 1. The second kappa shape index (κ2) is 7.98. The van der Waals surface area contributed by atoms with Crippen LogP contribution >= 0.6 is 0 Å². The van der Waals surface area contributed by atoms with Crippen LogP contribution in [-0.4, -0.2) is 40.9 Å². The number of halogens is 2. The zero-order chi connectivity index (χ0) is 21.3. The predicted octanol–water partition coefficient (Wildman–Crippen LogP) is 3.15. The van der Waals surface area contributed by atoms with E-state index in [2.05, 4.69) is 20.6 Å². The number of nitrogens with zero attached hydrogens (tertiary/aromatic N) is 2. The van der Waals surface area contributed by atoms with E-state index in [-0.39, 0.29) is 18.6 Å². The molecule has 3 heterocycles. The number of benzene rings is 1. The molecular formula is C21H22F2N4O3. The Morgan fingerprint density at radius 1 is 1.33 bits per heavy atom. The van der Waals surface area contributed by atoms with E-state index in [0.717, 1.165) is 5.69 Å². The molecule has 1 amide bonds. The maximum absolute atomic E-state index is 14.1. The lowest BCUT2D eigenvalue weighted by molar-refractivity contribution is -0.0487. The van der Waals surface area contributed by atoms with Gasteiger partial charge in [-0.05, 0) is 45.0 Å². The van der Waals surface area contributed by atoms with E-state index in [0.29, 0.717) is 34.7 Å². The molecule has 30 heavy (non-hydrogen) atoms. The molecule has 0 saturated carbocycles. The molecule has 0 aliphatic carbocycles. The van der Waals surface area contributed by atoms with E-state index in [1.165, 1.54) is 0 Å². The molecular weight excluding hydrogens is 394 g/mol. The molecule has 2 N–H and O–H groups in total. The van der Waals surface area contributed by atoms with Gasteiger partial charge in [-0.3, -0.25) is 14.8 Å². The highest BCUT2D eigenvalue weighted by Crippen LogP contribution is 2.30. The van der Waals surface area contributed by atoms with E-state index in [9.17, 15) is 13.6 Å². The van der Waals surface area contributed by atoms with Gasteiger partial charge in [0.05, 0.1) is 35.7 Å². The highest BCUT2D eigenvalue weighted by molar-refractivity contribution is 6.07. The Hall–Kier alpha value is -3.07. The Kier molecular flexibility index (Phi) is 5.38. The maximum Gasteiger partial charge on any atom is 0.280 e. The monoisotopic (exact) mass is 416 g/mol. The fourth-order valence-electron chi connectivity index (χ4n) is 3.47. The topological polar surface area (TPSA) is 89.3 Å². The number of hydrogen-bond acceptors (Lipinski definition) is 6. The van der Waals surface area contributed by atoms with Gasteiger partial charge in [-0.25, -0.2) is 8.78 Å². The van der Waals surface area contributed by atoms with E-state index >= 15 is 0 Å². The van der Waals surface area contributed by atoms with Crippen LogP contribution in [-0.2, 0) is 6.61 Å². The van der Waals surface area contributed by atoms with Crippen LogP contribution in [0.25, 0.3) is 11.0 Å². The van der Waals surface area contributed by atoms with E-state index in [1.54, 1.807) is 37.5 Å². The molecule has 0 radical (unpaired) electrons. The first-order valence-corrected chi connectivity index (χ1v) is 9.66. The van der Waals surface area contributed by atoms with Gasteiger partial charge in [0.2, 0.25) is 0 Å². The summed E-state index contributed by atoms with van der Waals surface area (Å²) >= 11 is 0. The van der Waals surface area contributed by atoms with Crippen LogP contribution in [0.1, 0.15) is 33.9 Å². The van der Waals surface area contributed by atoms with Crippen LogP contribution in [0, 0.1) is 13.8 Å². The van der Waals surface area contributed by atoms with Crippen LogP contribution in [0.3, 0.4) is 0 Å². The van der Waals surface area contributed by atoms with Gasteiger partial charge in [-0.1, -0.05) is 0 Å². The largest absolute Gasteiger partial charge is 0.487 e. The maximum atomic E-state index is 14.1. The molecule has 158 valence electrons. The molecule has 1 aromatic carbocycles. The highest BCUT2D eigenvalue weighted by atomic mass is 19.3. The third-order valence-corrected chi connectivity index (χ3v) is 5.07. The third kappa shape index (κ3) is 4.11. The Bertz CT molecular complexity index is 1070. The standard InChI is InChI=1S/C21H22F2N4O3/c1-12-8-26-14(9-25-12)10-29-15-3-4-17-16(7-15)19(13(2)30-17)20(28)27-18-5-6-24-11-21(18,22)23/h3-4,7-9,18,24H,5-6,10-11H2,1-2H3,(H,27,28). The number of ether oxygens (including phenoxy) is 1. The number of nitrogens with one attached hydrogen (secondary N) is 2. The van der Waals surface area contributed by atoms with E-state index in [4.69, 9.17) is 9.15 Å². The second-order valence-corrected chi connectivity index (χ2v) is 7.38. The van der Waals surface area contributed by atoms with E-state index < -0.39 is 24.4 Å². The van der Waals surface area contributed by atoms with Gasteiger partial charge in [0.1, 0.15) is 23.7 Å². The quantitative estimate of drug-likeness (QED) is 0.664. The van der Waals surface area contributed by atoms with Crippen molar-refractivity contribution < 1.29 is 22.7 Å². The minimum atomic E-state index is -3.01. The first-order chi connectivity index (χ1) is 14.3. The van der Waals surface area contributed by atoms with Crippen molar-refractivity contribution in [3.05, 3.63) is 53.3 Å². The Morgan fingerprint density at radius 3 is 2.90 bits per heavy atom. The summed E-state index contributed by atoms with van der Waals surface area (Å²) in [6.07, 6.45) is 3.44. The number of carbonyl (C=O) groups excluding carboxylic acids is 1. The van der Waals surface area contributed by atoms with Crippen molar-refractivity contribution in [2.24, 2.45) is 0 Å². The Morgan fingerprint density at radius 2 is 2.17 bits per heavy atom. The zero-order valence-electron chi connectivity index (χ0n) is 16.7. The van der Waals surface area contributed by atoms with Crippen molar-refractivity contribution in [1.82, 2.24) is 20.6 Å². The average Bonchev–Trinajstić information content (AvgIpc) is 3.04. The Balaban J connectivity index is 1.55. The number of amides is 1. The lowest BCUT2D eigenvalue weighted by Crippen LogP contribution is -2.57. The smallest absolute Gasteiger partial charge is 0.280 e. The van der Waals surface area contributed by atoms with Gasteiger partial charge >= 0.3 is 0 Å². The molecule has 1 saturated heterocycles. The molecule has 0 spiro atoms. The minimum Gasteiger partial charge on any atom is -0.487 e. The second-order valence-electron chi connectivity index (χ2n) is 7.38. The van der Waals surface area contributed by atoms with Crippen LogP contribution in [0.5, 0.6) is 5.75 Å². The average molecular weight is 416 g/mol. The van der Waals surface area contributed by atoms with Gasteiger partial charge in [0.25, 0.3) is 11.8 Å². The summed E-state index contributed by atoms with van der Waals surface area (Å²) in [6.45, 7) is 3.66. The Labute approximate surface area is 171 Å². The molecule has 9 heteroatoms. The van der Waals surface area contributed by atoms with Gasteiger partial charge < -0.3 is 19.8 Å². The number of alkyl halides is 2. The summed E-state index contributed by atoms with van der Waals surface area (Å²) in [5.41, 5.74) is 2.19. The van der Waals surface area contributed by atoms with Gasteiger partial charge in [0.15, 0.2) is 0 Å². The number of fused-ring (bicyclic) bond motifs is 1. The van der Waals surface area contributed by atoms with Crippen LogP contribution < -0.4 is 15.4 Å². The van der Waals surface area contributed by atoms with Crippen LogP contribution in [0.15, 0.2) is 35.0 Å². The van der Waals surface area contributed by atoms with Crippen LogP contribution in [0.2, 0.25) is 0 Å². The molecule has 4 rings (SSSR count). The first-order valence-electron chi connectivity index (χ1n) is 9.66. The number of carbonyl (C=O) groups is 1. The van der Waals surface area contributed by atoms with Crippen molar-refractivity contribution in [3.63, 3.8) is 0 Å². The highest BCUT2D eigenvalue weighted by Gasteiger charge is 2.42. The summed E-state index contributed by atoms with van der Waals surface area (Å²) in [5, 5.41) is 5.63. The molecule has 1 aliphatic rings.